The maximum Gasteiger partial charge on any atom is 0.107 e. The molecule has 0 aromatic heterocycles. The summed E-state index contributed by atoms with van der Waals surface area (Å²) < 4.78 is 0. The van der Waals surface area contributed by atoms with Gasteiger partial charge in [0.05, 0.1) is 6.10 Å². The molecule has 4 heteroatoms. The van der Waals surface area contributed by atoms with E-state index in [1.165, 1.54) is 0 Å². The first kappa shape index (κ1) is 18.9. The predicted octanol–water partition coefficient (Wildman–Crippen LogP) is 2.33. The molecule has 2 saturated heterocycles. The van der Waals surface area contributed by atoms with Crippen molar-refractivity contribution < 1.29 is 15.3 Å². The van der Waals surface area contributed by atoms with Crippen molar-refractivity contribution in [3.8, 4) is 0 Å². The highest BCUT2D eigenvalue weighted by Crippen LogP contribution is 2.37. The minimum atomic E-state index is -1.05. The van der Waals surface area contributed by atoms with Gasteiger partial charge in [-0.3, -0.25) is 4.90 Å². The standard InChI is InChI=1S/C19H35NO3/c1-5-16(21)14(3)9-8-13(2)11-15-12-20-10-6-7-17(20)19(4,23)18(15)22/h11,13-14,16-18,21-23H,5-10,12H2,1-4H3/b15-11+. The van der Waals surface area contributed by atoms with Gasteiger partial charge in [-0.1, -0.05) is 26.8 Å². The number of nitrogens with zero attached hydrogens (tertiary/aromatic N) is 1. The molecular weight excluding hydrogens is 290 g/mol. The molecule has 6 atom stereocenters. The van der Waals surface area contributed by atoms with E-state index in [-0.39, 0.29) is 12.1 Å². The first-order valence-corrected chi connectivity index (χ1v) is 9.30. The van der Waals surface area contributed by atoms with E-state index in [0.29, 0.717) is 11.8 Å². The second-order valence-electron chi connectivity index (χ2n) is 8.01. The van der Waals surface area contributed by atoms with E-state index in [1.807, 2.05) is 6.92 Å². The molecule has 0 saturated carbocycles. The predicted molar refractivity (Wildman–Crippen MR) is 93.2 cm³/mol. The number of piperidine rings is 1. The summed E-state index contributed by atoms with van der Waals surface area (Å²) in [6, 6.07) is 0.0877. The van der Waals surface area contributed by atoms with Crippen LogP contribution in [0, 0.1) is 11.8 Å². The van der Waals surface area contributed by atoms with Crippen LogP contribution in [-0.4, -0.2) is 57.2 Å². The Balaban J connectivity index is 1.98. The quantitative estimate of drug-likeness (QED) is 0.656. The molecule has 0 aliphatic carbocycles. The molecule has 0 bridgehead atoms. The topological polar surface area (TPSA) is 63.9 Å². The molecule has 23 heavy (non-hydrogen) atoms. The first-order chi connectivity index (χ1) is 10.8. The van der Waals surface area contributed by atoms with Gasteiger partial charge in [0, 0.05) is 12.6 Å². The summed E-state index contributed by atoms with van der Waals surface area (Å²) in [7, 11) is 0. The van der Waals surface area contributed by atoms with Crippen LogP contribution in [-0.2, 0) is 0 Å². The fourth-order valence-corrected chi connectivity index (χ4v) is 4.27. The lowest BCUT2D eigenvalue weighted by atomic mass is 9.79. The molecule has 2 rings (SSSR count). The van der Waals surface area contributed by atoms with Gasteiger partial charge < -0.3 is 15.3 Å². The first-order valence-electron chi connectivity index (χ1n) is 9.30. The maximum atomic E-state index is 10.8. The number of rotatable bonds is 6. The molecule has 4 nitrogen and oxygen atoms in total. The Morgan fingerprint density at radius 2 is 2.04 bits per heavy atom. The van der Waals surface area contributed by atoms with E-state index in [0.717, 1.165) is 50.8 Å². The Kier molecular flexibility index (Phi) is 6.28. The third-order valence-corrected chi connectivity index (χ3v) is 5.98. The molecule has 0 aromatic rings. The van der Waals surface area contributed by atoms with Crippen molar-refractivity contribution in [1.29, 1.82) is 0 Å². The number of allylic oxidation sites excluding steroid dienone is 1. The fourth-order valence-electron chi connectivity index (χ4n) is 4.27. The second-order valence-corrected chi connectivity index (χ2v) is 8.01. The summed E-state index contributed by atoms with van der Waals surface area (Å²) in [5, 5.41) is 31.2. The van der Waals surface area contributed by atoms with Crippen LogP contribution in [0.4, 0.5) is 0 Å². The molecule has 2 aliphatic rings. The summed E-state index contributed by atoms with van der Waals surface area (Å²) in [5.74, 6) is 0.657. The minimum Gasteiger partial charge on any atom is -0.393 e. The molecule has 134 valence electrons. The Bertz CT molecular complexity index is 421. The lowest BCUT2D eigenvalue weighted by Crippen LogP contribution is -2.61. The third kappa shape index (κ3) is 4.16. The van der Waals surface area contributed by atoms with E-state index in [1.54, 1.807) is 6.92 Å². The third-order valence-electron chi connectivity index (χ3n) is 5.98. The summed E-state index contributed by atoms with van der Waals surface area (Å²) in [6.07, 6.45) is 6.03. The van der Waals surface area contributed by atoms with Gasteiger partial charge in [0.1, 0.15) is 11.7 Å². The number of aliphatic hydroxyl groups is 3. The Hall–Kier alpha value is -0.420. The molecule has 6 unspecified atom stereocenters. The largest absolute Gasteiger partial charge is 0.393 e. The van der Waals surface area contributed by atoms with Crippen molar-refractivity contribution in [3.05, 3.63) is 11.6 Å². The molecule has 0 aromatic carbocycles. The van der Waals surface area contributed by atoms with Crippen LogP contribution in [0.1, 0.15) is 59.8 Å². The zero-order valence-electron chi connectivity index (χ0n) is 15.2. The van der Waals surface area contributed by atoms with Gasteiger partial charge in [-0.05, 0) is 63.0 Å². The summed E-state index contributed by atoms with van der Waals surface area (Å²) in [5.41, 5.74) is -0.0872. The van der Waals surface area contributed by atoms with Crippen molar-refractivity contribution in [1.82, 2.24) is 4.90 Å². The average Bonchev–Trinajstić information content (AvgIpc) is 2.98. The van der Waals surface area contributed by atoms with Crippen molar-refractivity contribution in [2.45, 2.75) is 83.6 Å². The van der Waals surface area contributed by atoms with Crippen LogP contribution in [0.2, 0.25) is 0 Å². The zero-order valence-corrected chi connectivity index (χ0v) is 15.2. The van der Waals surface area contributed by atoms with Crippen LogP contribution in [0.5, 0.6) is 0 Å². The molecule has 0 amide bonds. The van der Waals surface area contributed by atoms with Crippen LogP contribution in [0.25, 0.3) is 0 Å². The minimum absolute atomic E-state index is 0.0877. The highest BCUT2D eigenvalue weighted by Gasteiger charge is 2.49. The van der Waals surface area contributed by atoms with Gasteiger partial charge in [-0.25, -0.2) is 0 Å². The Morgan fingerprint density at radius 1 is 1.35 bits per heavy atom. The van der Waals surface area contributed by atoms with E-state index in [2.05, 4.69) is 24.8 Å². The molecule has 2 heterocycles. The summed E-state index contributed by atoms with van der Waals surface area (Å²) >= 11 is 0. The van der Waals surface area contributed by atoms with Crippen molar-refractivity contribution >= 4 is 0 Å². The van der Waals surface area contributed by atoms with Crippen molar-refractivity contribution in [3.63, 3.8) is 0 Å². The van der Waals surface area contributed by atoms with Crippen LogP contribution >= 0.6 is 0 Å². The monoisotopic (exact) mass is 325 g/mol. The zero-order chi connectivity index (χ0) is 17.2. The Labute approximate surface area is 141 Å². The maximum absolute atomic E-state index is 10.8. The summed E-state index contributed by atoms with van der Waals surface area (Å²) in [6.45, 7) is 9.84. The molecule has 3 N–H and O–H groups in total. The lowest BCUT2D eigenvalue weighted by Gasteiger charge is -2.46. The van der Waals surface area contributed by atoms with E-state index >= 15 is 0 Å². The molecule has 2 fully saturated rings. The number of aliphatic hydroxyl groups excluding tert-OH is 2. The van der Waals surface area contributed by atoms with Crippen molar-refractivity contribution in [2.24, 2.45) is 11.8 Å². The summed E-state index contributed by atoms with van der Waals surface area (Å²) in [4.78, 5) is 2.31. The lowest BCUT2D eigenvalue weighted by molar-refractivity contribution is -0.110. The smallest absolute Gasteiger partial charge is 0.107 e. The van der Waals surface area contributed by atoms with Gasteiger partial charge >= 0.3 is 0 Å². The second kappa shape index (κ2) is 7.64. The molecular formula is C19H35NO3. The van der Waals surface area contributed by atoms with E-state index in [4.69, 9.17) is 0 Å². The van der Waals surface area contributed by atoms with Crippen molar-refractivity contribution in [2.75, 3.05) is 13.1 Å². The van der Waals surface area contributed by atoms with E-state index in [9.17, 15) is 15.3 Å². The number of hydrogen-bond donors (Lipinski definition) is 3. The van der Waals surface area contributed by atoms with Gasteiger partial charge in [-0.2, -0.15) is 0 Å². The molecule has 0 radical (unpaired) electrons. The number of hydrogen-bond acceptors (Lipinski definition) is 4. The fraction of sp³-hybridized carbons (Fsp3) is 0.895. The Morgan fingerprint density at radius 3 is 2.70 bits per heavy atom. The molecule has 2 aliphatic heterocycles. The van der Waals surface area contributed by atoms with E-state index < -0.39 is 11.7 Å². The highest BCUT2D eigenvalue weighted by molar-refractivity contribution is 5.23. The SMILES string of the molecule is CCC(O)C(C)CCC(C)/C=C1\CN2CCCC2C(C)(O)C1O. The van der Waals surface area contributed by atoms with Gasteiger partial charge in [-0.15, -0.1) is 0 Å². The van der Waals surface area contributed by atoms with Gasteiger partial charge in [0.25, 0.3) is 0 Å². The number of fused-ring (bicyclic) bond motifs is 1. The van der Waals surface area contributed by atoms with Gasteiger partial charge in [0.15, 0.2) is 0 Å². The average molecular weight is 325 g/mol. The normalized spacial score (nSPS) is 37.6. The van der Waals surface area contributed by atoms with Crippen LogP contribution < -0.4 is 0 Å². The van der Waals surface area contributed by atoms with Crippen LogP contribution in [0.15, 0.2) is 11.6 Å². The van der Waals surface area contributed by atoms with Gasteiger partial charge in [0.2, 0.25) is 0 Å². The molecule has 0 spiro atoms. The highest BCUT2D eigenvalue weighted by atomic mass is 16.3. The van der Waals surface area contributed by atoms with Crippen LogP contribution in [0.3, 0.4) is 0 Å².